The van der Waals surface area contributed by atoms with Crippen LogP contribution in [0.25, 0.3) is 0 Å². The van der Waals surface area contributed by atoms with Crippen molar-refractivity contribution >= 4 is 0 Å². The highest BCUT2D eigenvalue weighted by molar-refractivity contribution is 5.15. The maximum Gasteiger partial charge on any atom is 0.0723 e. The molecule has 6 saturated carbocycles. The van der Waals surface area contributed by atoms with Crippen LogP contribution in [0.2, 0.25) is 0 Å². The Hall–Kier alpha value is -0.0400. The van der Waals surface area contributed by atoms with Crippen LogP contribution in [0, 0.1) is 35.5 Å². The van der Waals surface area contributed by atoms with Crippen LogP contribution in [0.1, 0.15) is 77.0 Å². The maximum absolute atomic E-state index is 7.36. The van der Waals surface area contributed by atoms with E-state index < -0.39 is 0 Å². The fourth-order valence-corrected chi connectivity index (χ4v) is 8.71. The smallest absolute Gasteiger partial charge is 0.0723 e. The van der Waals surface area contributed by atoms with Crippen molar-refractivity contribution in [1.29, 1.82) is 0 Å². The van der Waals surface area contributed by atoms with Gasteiger partial charge in [-0.25, -0.2) is 0 Å². The summed E-state index contributed by atoms with van der Waals surface area (Å²) < 4.78 is 7.36. The molecule has 21 heavy (non-hydrogen) atoms. The highest BCUT2D eigenvalue weighted by atomic mass is 16.5. The van der Waals surface area contributed by atoms with Gasteiger partial charge in [-0.2, -0.15) is 0 Å². The van der Waals surface area contributed by atoms with E-state index in [0.29, 0.717) is 11.2 Å². The third-order valence-electron chi connectivity index (χ3n) is 9.20. The summed E-state index contributed by atoms with van der Waals surface area (Å²) in [6.45, 7) is 0. The molecule has 6 fully saturated rings. The summed E-state index contributed by atoms with van der Waals surface area (Å²) in [6, 6.07) is 0. The first kappa shape index (κ1) is 12.4. The Kier molecular flexibility index (Phi) is 2.29. The van der Waals surface area contributed by atoms with Gasteiger partial charge in [-0.1, -0.05) is 12.8 Å². The number of hydrogen-bond donors (Lipinski definition) is 0. The monoisotopic (exact) mass is 286 g/mol. The van der Waals surface area contributed by atoms with Crippen LogP contribution in [-0.2, 0) is 4.74 Å². The Morgan fingerprint density at radius 1 is 0.619 bits per heavy atom. The van der Waals surface area contributed by atoms with E-state index >= 15 is 0 Å². The zero-order chi connectivity index (χ0) is 13.7. The zero-order valence-corrected chi connectivity index (χ0v) is 13.4. The molecule has 0 saturated heterocycles. The van der Waals surface area contributed by atoms with Crippen molar-refractivity contribution in [3.63, 3.8) is 0 Å². The van der Waals surface area contributed by atoms with Crippen LogP contribution in [0.4, 0.5) is 0 Å². The third-order valence-corrected chi connectivity index (χ3v) is 9.20. The van der Waals surface area contributed by atoms with Gasteiger partial charge in [0.1, 0.15) is 0 Å². The summed E-state index contributed by atoms with van der Waals surface area (Å²) in [6.07, 6.45) is 17.8. The van der Waals surface area contributed by atoms with Crippen LogP contribution in [-0.4, -0.2) is 11.2 Å². The van der Waals surface area contributed by atoms with Gasteiger partial charge in [0.25, 0.3) is 0 Å². The van der Waals surface area contributed by atoms with Crippen molar-refractivity contribution in [2.45, 2.75) is 88.3 Å². The minimum Gasteiger partial charge on any atom is -0.368 e. The lowest BCUT2D eigenvalue weighted by Crippen LogP contribution is -2.48. The molecular weight excluding hydrogens is 256 g/mol. The minimum absolute atomic E-state index is 0.359. The number of rotatable bonds is 2. The van der Waals surface area contributed by atoms with Crippen LogP contribution in [0.5, 0.6) is 0 Å². The predicted octanol–water partition coefficient (Wildman–Crippen LogP) is 4.94. The second kappa shape index (κ2) is 3.89. The summed E-state index contributed by atoms with van der Waals surface area (Å²) in [5.41, 5.74) is 0.719. The maximum atomic E-state index is 7.36. The Morgan fingerprint density at radius 3 is 1.67 bits per heavy atom. The van der Waals surface area contributed by atoms with E-state index in [1.54, 1.807) is 0 Å². The number of fused-ring (bicyclic) bond motifs is 10. The third kappa shape index (κ3) is 1.39. The van der Waals surface area contributed by atoms with Gasteiger partial charge in [-0.05, 0) is 99.7 Å². The molecule has 8 unspecified atom stereocenters. The molecule has 0 aromatic carbocycles. The summed E-state index contributed by atoms with van der Waals surface area (Å²) >= 11 is 0. The van der Waals surface area contributed by atoms with E-state index in [1.807, 2.05) is 0 Å². The summed E-state index contributed by atoms with van der Waals surface area (Å²) in [5.74, 6) is 6.15. The zero-order valence-electron chi connectivity index (χ0n) is 13.4. The van der Waals surface area contributed by atoms with E-state index in [9.17, 15) is 0 Å². The molecule has 0 aliphatic heterocycles. The van der Waals surface area contributed by atoms with E-state index in [2.05, 4.69) is 0 Å². The van der Waals surface area contributed by atoms with Gasteiger partial charge in [0.15, 0.2) is 0 Å². The van der Waals surface area contributed by atoms with E-state index in [4.69, 9.17) is 4.74 Å². The van der Waals surface area contributed by atoms with Crippen LogP contribution < -0.4 is 0 Å². The molecule has 0 spiro atoms. The van der Waals surface area contributed by atoms with Crippen LogP contribution in [0.3, 0.4) is 0 Å². The van der Waals surface area contributed by atoms with Crippen molar-refractivity contribution in [2.75, 3.05) is 0 Å². The summed E-state index contributed by atoms with van der Waals surface area (Å²) in [5, 5.41) is 0. The predicted molar refractivity (Wildman–Crippen MR) is 82.9 cm³/mol. The molecule has 0 heterocycles. The summed E-state index contributed by atoms with van der Waals surface area (Å²) in [4.78, 5) is 0. The van der Waals surface area contributed by atoms with Gasteiger partial charge in [-0.15, -0.1) is 0 Å². The van der Waals surface area contributed by atoms with Crippen molar-refractivity contribution in [3.8, 4) is 0 Å². The van der Waals surface area contributed by atoms with E-state index in [-0.39, 0.29) is 0 Å². The van der Waals surface area contributed by atoms with Crippen molar-refractivity contribution in [3.05, 3.63) is 0 Å². The fraction of sp³-hybridized carbons (Fsp3) is 1.00. The lowest BCUT2D eigenvalue weighted by molar-refractivity contribution is -0.192. The average molecular weight is 286 g/mol. The first-order valence-electron chi connectivity index (χ1n) is 10.00. The minimum atomic E-state index is 0.359. The molecule has 0 N–H and O–H groups in total. The second-order valence-corrected chi connectivity index (χ2v) is 9.64. The molecule has 0 radical (unpaired) electrons. The molecule has 4 bridgehead atoms. The largest absolute Gasteiger partial charge is 0.368 e. The molecular formula is C20H30O. The highest BCUT2D eigenvalue weighted by Crippen LogP contribution is 2.68. The Labute approximate surface area is 129 Å². The molecule has 6 aliphatic carbocycles. The second-order valence-electron chi connectivity index (χ2n) is 9.64. The Bertz CT molecular complexity index is 430. The van der Waals surface area contributed by atoms with Gasteiger partial charge in [0.05, 0.1) is 11.2 Å². The fourth-order valence-electron chi connectivity index (χ4n) is 8.71. The van der Waals surface area contributed by atoms with Gasteiger partial charge in [0, 0.05) is 0 Å². The van der Waals surface area contributed by atoms with Crippen molar-refractivity contribution < 1.29 is 4.74 Å². The molecule has 1 heteroatoms. The highest BCUT2D eigenvalue weighted by Gasteiger charge is 2.66. The first-order chi connectivity index (χ1) is 10.3. The van der Waals surface area contributed by atoms with Crippen molar-refractivity contribution in [2.24, 2.45) is 35.5 Å². The van der Waals surface area contributed by atoms with Crippen molar-refractivity contribution in [1.82, 2.24) is 0 Å². The Balaban J connectivity index is 1.35. The number of ether oxygens (including phenoxy) is 1. The van der Waals surface area contributed by atoms with Gasteiger partial charge < -0.3 is 4.74 Å². The molecule has 6 rings (SSSR count). The molecule has 8 atom stereocenters. The van der Waals surface area contributed by atoms with Crippen LogP contribution >= 0.6 is 0 Å². The quantitative estimate of drug-likeness (QED) is 0.698. The molecule has 1 nitrogen and oxygen atoms in total. The average Bonchev–Trinajstić information content (AvgIpc) is 3.27. The van der Waals surface area contributed by atoms with E-state index in [1.165, 1.54) is 77.0 Å². The molecule has 0 amide bonds. The van der Waals surface area contributed by atoms with Crippen LogP contribution in [0.15, 0.2) is 0 Å². The lowest BCUT2D eigenvalue weighted by Gasteiger charge is -2.46. The normalized spacial score (nSPS) is 63.4. The summed E-state index contributed by atoms with van der Waals surface area (Å²) in [7, 11) is 0. The molecule has 116 valence electrons. The topological polar surface area (TPSA) is 9.23 Å². The number of hydrogen-bond acceptors (Lipinski definition) is 1. The van der Waals surface area contributed by atoms with Gasteiger partial charge >= 0.3 is 0 Å². The molecule has 0 aromatic rings. The van der Waals surface area contributed by atoms with Gasteiger partial charge in [0.2, 0.25) is 0 Å². The molecule has 6 aliphatic rings. The first-order valence-corrected chi connectivity index (χ1v) is 10.00. The van der Waals surface area contributed by atoms with E-state index in [0.717, 1.165) is 35.5 Å². The molecule has 0 aromatic heterocycles. The standard InChI is InChI=1S/C20H30O/c1-3-15-13-7-9-19(11-13,17(15)5-1)21-20-10-8-14(12-20)16-4-2-6-18(16)20/h13-18H,1-12H2. The Morgan fingerprint density at radius 2 is 1.14 bits per heavy atom. The lowest BCUT2D eigenvalue weighted by atomic mass is 9.76. The van der Waals surface area contributed by atoms with Gasteiger partial charge in [-0.3, -0.25) is 0 Å². The SMILES string of the molecule is C1CC2C3CCC(OC45CCC(C4)C4CCCC45)(C3)C2C1.